The standard InChI is InChI=1S/C52H36O4/c1-51(2)39-25-36-40(26-35(39)49-47(51)37-23-29(15-19-45(37)55-49)27-13-17-43-33(21-27)31-9-5-7-11-41(31)53-43)52(3,4)48-38-24-30(16-20-46(38)56-50(36)48)28-14-18-44-34(22-28)32-10-6-8-12-42(32)54-44/h5-15,17-19,21-26H,16,20H2,1-4H3. The minimum atomic E-state index is -0.267. The molecule has 3 aliphatic carbocycles. The van der Waals surface area contributed by atoms with E-state index in [-0.39, 0.29) is 10.8 Å². The van der Waals surface area contributed by atoms with Crippen molar-refractivity contribution in [2.75, 3.05) is 0 Å². The number of rotatable bonds is 2. The van der Waals surface area contributed by atoms with Gasteiger partial charge in [0.15, 0.2) is 0 Å². The van der Waals surface area contributed by atoms with Crippen LogP contribution in [0.3, 0.4) is 0 Å². The summed E-state index contributed by atoms with van der Waals surface area (Å²) in [5.41, 5.74) is 17.8. The summed E-state index contributed by atoms with van der Waals surface area (Å²) in [7, 11) is 0. The lowest BCUT2D eigenvalue weighted by molar-refractivity contribution is 0.521. The summed E-state index contributed by atoms with van der Waals surface area (Å²) in [6, 6.07) is 41.2. The molecule has 268 valence electrons. The maximum Gasteiger partial charge on any atom is 0.139 e. The highest BCUT2D eigenvalue weighted by Gasteiger charge is 2.47. The third-order valence-corrected chi connectivity index (χ3v) is 13.4. The van der Waals surface area contributed by atoms with Crippen LogP contribution in [0.4, 0.5) is 0 Å². The van der Waals surface area contributed by atoms with E-state index < -0.39 is 0 Å². The third kappa shape index (κ3) is 3.84. The molecule has 56 heavy (non-hydrogen) atoms. The molecule has 0 spiro atoms. The van der Waals surface area contributed by atoms with Gasteiger partial charge in [-0.05, 0) is 107 Å². The molecule has 4 heteroatoms. The highest BCUT2D eigenvalue weighted by molar-refractivity contribution is 6.08. The molecular weight excluding hydrogens is 689 g/mol. The Labute approximate surface area is 322 Å². The average molecular weight is 725 g/mol. The van der Waals surface area contributed by atoms with E-state index in [1.54, 1.807) is 0 Å². The number of hydrogen-bond acceptors (Lipinski definition) is 4. The van der Waals surface area contributed by atoms with Crippen molar-refractivity contribution in [2.24, 2.45) is 0 Å². The van der Waals surface area contributed by atoms with Crippen molar-refractivity contribution in [1.29, 1.82) is 0 Å². The smallest absolute Gasteiger partial charge is 0.139 e. The minimum absolute atomic E-state index is 0.248. The Kier molecular flexibility index (Phi) is 5.61. The van der Waals surface area contributed by atoms with Crippen LogP contribution < -0.4 is 0 Å². The second kappa shape index (κ2) is 10.2. The molecule has 4 heterocycles. The Balaban J connectivity index is 0.915. The lowest BCUT2D eigenvalue weighted by atomic mass is 9.77. The Morgan fingerprint density at radius 1 is 0.429 bits per heavy atom. The molecular formula is C52H36O4. The molecule has 6 aromatic carbocycles. The Hall–Kier alpha value is -6.52. The first-order valence-corrected chi connectivity index (χ1v) is 19.7. The van der Waals surface area contributed by atoms with Gasteiger partial charge in [0.05, 0.1) is 0 Å². The summed E-state index contributed by atoms with van der Waals surface area (Å²) in [5.74, 6) is 3.11. The van der Waals surface area contributed by atoms with Gasteiger partial charge in [0, 0.05) is 72.0 Å². The van der Waals surface area contributed by atoms with E-state index in [0.29, 0.717) is 0 Å². The molecule has 0 saturated heterocycles. The van der Waals surface area contributed by atoms with Gasteiger partial charge >= 0.3 is 0 Å². The van der Waals surface area contributed by atoms with Crippen molar-refractivity contribution < 1.29 is 17.7 Å². The summed E-state index contributed by atoms with van der Waals surface area (Å²) >= 11 is 0. The van der Waals surface area contributed by atoms with Gasteiger partial charge in [-0.25, -0.2) is 0 Å². The number of furan rings is 4. The molecule has 0 aliphatic heterocycles. The first-order valence-electron chi connectivity index (χ1n) is 19.7. The Morgan fingerprint density at radius 3 is 1.57 bits per heavy atom. The molecule has 3 aliphatic rings. The molecule has 0 amide bonds. The highest BCUT2D eigenvalue weighted by Crippen LogP contribution is 2.60. The van der Waals surface area contributed by atoms with Crippen LogP contribution in [0.25, 0.3) is 100 Å². The molecule has 10 aromatic rings. The second-order valence-corrected chi connectivity index (χ2v) is 17.1. The summed E-state index contributed by atoms with van der Waals surface area (Å²) < 4.78 is 26.0. The molecule has 0 fully saturated rings. The van der Waals surface area contributed by atoms with Crippen LogP contribution in [-0.2, 0) is 17.3 Å². The van der Waals surface area contributed by atoms with E-state index in [9.17, 15) is 0 Å². The summed E-state index contributed by atoms with van der Waals surface area (Å²) in [6.07, 6.45) is 4.22. The summed E-state index contributed by atoms with van der Waals surface area (Å²) in [5, 5.41) is 5.77. The Morgan fingerprint density at radius 2 is 0.929 bits per heavy atom. The first-order chi connectivity index (χ1) is 27.2. The average Bonchev–Trinajstić information content (AvgIpc) is 4.04. The topological polar surface area (TPSA) is 52.6 Å². The summed E-state index contributed by atoms with van der Waals surface area (Å²) in [4.78, 5) is 0. The normalized spacial score (nSPS) is 16.1. The fraction of sp³-hybridized carbons (Fsp3) is 0.154. The van der Waals surface area contributed by atoms with Crippen LogP contribution in [-0.4, -0.2) is 0 Å². The maximum atomic E-state index is 6.89. The van der Waals surface area contributed by atoms with Gasteiger partial charge in [0.2, 0.25) is 0 Å². The number of fused-ring (bicyclic) bond motifs is 16. The zero-order valence-electron chi connectivity index (χ0n) is 31.6. The van der Waals surface area contributed by atoms with Crippen molar-refractivity contribution in [1.82, 2.24) is 0 Å². The fourth-order valence-electron chi connectivity index (χ4n) is 10.6. The van der Waals surface area contributed by atoms with Gasteiger partial charge in [0.1, 0.15) is 45.2 Å². The maximum absolute atomic E-state index is 6.89. The van der Waals surface area contributed by atoms with Gasteiger partial charge in [-0.1, -0.05) is 82.3 Å². The monoisotopic (exact) mass is 724 g/mol. The largest absolute Gasteiger partial charge is 0.460 e. The van der Waals surface area contributed by atoms with E-state index >= 15 is 0 Å². The summed E-state index contributed by atoms with van der Waals surface area (Å²) in [6.45, 7) is 9.41. The molecule has 0 bridgehead atoms. The van der Waals surface area contributed by atoms with E-state index in [1.807, 2.05) is 24.3 Å². The van der Waals surface area contributed by atoms with Gasteiger partial charge in [-0.2, -0.15) is 0 Å². The number of allylic oxidation sites excluding steroid dienone is 1. The van der Waals surface area contributed by atoms with Crippen LogP contribution >= 0.6 is 0 Å². The number of benzene rings is 6. The Bertz CT molecular complexity index is 3420. The van der Waals surface area contributed by atoms with Crippen LogP contribution in [0.2, 0.25) is 0 Å². The lowest BCUT2D eigenvalue weighted by Gasteiger charge is -2.25. The van der Waals surface area contributed by atoms with E-state index in [1.165, 1.54) is 61.0 Å². The zero-order valence-corrected chi connectivity index (χ0v) is 31.6. The molecule has 13 rings (SSSR count). The SMILES string of the molecule is CC1(C)c2cc3c(cc2-c2oc4c(c21)C=C(c1ccc2oc5ccccc5c2c1)CC4)C(C)(C)c1c-3oc2ccc(-c3ccc4oc5ccccc5c4c3)cc12. The zero-order chi connectivity index (χ0) is 37.2. The minimum Gasteiger partial charge on any atom is -0.460 e. The predicted molar refractivity (Wildman–Crippen MR) is 226 cm³/mol. The molecule has 0 unspecified atom stereocenters. The van der Waals surface area contributed by atoms with Gasteiger partial charge in [-0.3, -0.25) is 0 Å². The van der Waals surface area contributed by atoms with Crippen molar-refractivity contribution in [3.63, 3.8) is 0 Å². The molecule has 0 radical (unpaired) electrons. The van der Waals surface area contributed by atoms with Crippen LogP contribution in [0.5, 0.6) is 0 Å². The van der Waals surface area contributed by atoms with E-state index in [2.05, 4.69) is 125 Å². The lowest BCUT2D eigenvalue weighted by Crippen LogP contribution is -2.18. The van der Waals surface area contributed by atoms with Crippen molar-refractivity contribution in [3.05, 3.63) is 154 Å². The third-order valence-electron chi connectivity index (χ3n) is 13.4. The van der Waals surface area contributed by atoms with E-state index in [0.717, 1.165) is 85.1 Å². The van der Waals surface area contributed by atoms with E-state index in [4.69, 9.17) is 17.7 Å². The van der Waals surface area contributed by atoms with Crippen LogP contribution in [0.15, 0.2) is 133 Å². The van der Waals surface area contributed by atoms with Crippen LogP contribution in [0, 0.1) is 0 Å². The highest BCUT2D eigenvalue weighted by atomic mass is 16.3. The van der Waals surface area contributed by atoms with Crippen LogP contribution in [0.1, 0.15) is 73.3 Å². The molecule has 4 nitrogen and oxygen atoms in total. The van der Waals surface area contributed by atoms with Crippen molar-refractivity contribution in [3.8, 4) is 33.8 Å². The van der Waals surface area contributed by atoms with Crippen molar-refractivity contribution >= 4 is 66.5 Å². The van der Waals surface area contributed by atoms with Crippen molar-refractivity contribution in [2.45, 2.75) is 51.4 Å². The predicted octanol–water partition coefficient (Wildman–Crippen LogP) is 14.6. The second-order valence-electron chi connectivity index (χ2n) is 17.1. The number of hydrogen-bond donors (Lipinski definition) is 0. The van der Waals surface area contributed by atoms with Gasteiger partial charge in [0.25, 0.3) is 0 Å². The number of aryl methyl sites for hydroxylation is 1. The molecule has 0 saturated carbocycles. The van der Waals surface area contributed by atoms with Gasteiger partial charge < -0.3 is 17.7 Å². The fourth-order valence-corrected chi connectivity index (χ4v) is 10.6. The number of para-hydroxylation sites is 2. The van der Waals surface area contributed by atoms with Gasteiger partial charge in [-0.15, -0.1) is 0 Å². The quantitative estimate of drug-likeness (QED) is 0.178. The molecule has 0 atom stereocenters. The first kappa shape index (κ1) is 30.8. The molecule has 4 aromatic heterocycles. The molecule has 0 N–H and O–H groups in total.